The summed E-state index contributed by atoms with van der Waals surface area (Å²) in [5, 5.41) is 5.55. The van der Waals surface area contributed by atoms with Crippen molar-refractivity contribution >= 4 is 27.5 Å². The highest BCUT2D eigenvalue weighted by atomic mass is 32.2. The Labute approximate surface area is 195 Å². The second kappa shape index (κ2) is 11.4. The predicted octanol–water partition coefficient (Wildman–Crippen LogP) is 2.39. The Bertz CT molecular complexity index is 1070. The zero-order valence-electron chi connectivity index (χ0n) is 19.0. The maximum Gasteiger partial charge on any atom is 0.241 e. The van der Waals surface area contributed by atoms with Crippen LogP contribution in [-0.2, 0) is 37.2 Å². The lowest BCUT2D eigenvalue weighted by molar-refractivity contribution is -0.122. The Balaban J connectivity index is 1.72. The minimum absolute atomic E-state index is 0.0635. The highest BCUT2D eigenvalue weighted by Gasteiger charge is 2.27. The summed E-state index contributed by atoms with van der Waals surface area (Å²) >= 11 is 0. The summed E-state index contributed by atoms with van der Waals surface area (Å²) in [5.41, 5.74) is 2.22. The minimum atomic E-state index is -3.97. The third-order valence-electron chi connectivity index (χ3n) is 5.25. The molecule has 2 aromatic carbocycles. The molecule has 2 aromatic rings. The van der Waals surface area contributed by atoms with Gasteiger partial charge in [-0.3, -0.25) is 9.59 Å². The Morgan fingerprint density at radius 2 is 1.88 bits per heavy atom. The first-order valence-corrected chi connectivity index (χ1v) is 12.6. The number of carbonyl (C=O) groups is 2. The molecule has 33 heavy (non-hydrogen) atoms. The van der Waals surface area contributed by atoms with Gasteiger partial charge >= 0.3 is 0 Å². The number of carbonyl (C=O) groups excluding carboxylic acids is 2. The summed E-state index contributed by atoms with van der Waals surface area (Å²) < 4.78 is 34.3. The molecule has 1 aliphatic heterocycles. The van der Waals surface area contributed by atoms with E-state index >= 15 is 0 Å². The Morgan fingerprint density at radius 1 is 1.12 bits per heavy atom. The Hall–Kier alpha value is -2.75. The van der Waals surface area contributed by atoms with Crippen LogP contribution in [0.5, 0.6) is 0 Å². The Morgan fingerprint density at radius 3 is 2.61 bits per heavy atom. The van der Waals surface area contributed by atoms with Gasteiger partial charge in [0.05, 0.1) is 11.0 Å². The fraction of sp³-hybridized carbons (Fsp3) is 0.417. The van der Waals surface area contributed by atoms with Crippen molar-refractivity contribution in [3.63, 3.8) is 0 Å². The molecule has 0 aliphatic carbocycles. The first-order valence-electron chi connectivity index (χ1n) is 11.1. The number of nitrogens with one attached hydrogen (secondary N) is 3. The van der Waals surface area contributed by atoms with Gasteiger partial charge < -0.3 is 15.4 Å². The molecule has 1 aliphatic rings. The van der Waals surface area contributed by atoms with Crippen LogP contribution in [0.3, 0.4) is 0 Å². The lowest BCUT2D eigenvalue weighted by atomic mass is 10.0. The van der Waals surface area contributed by atoms with E-state index in [1.165, 1.54) is 6.07 Å². The summed E-state index contributed by atoms with van der Waals surface area (Å²) in [6.45, 7) is 4.78. The van der Waals surface area contributed by atoms with E-state index in [4.69, 9.17) is 4.74 Å². The summed E-state index contributed by atoms with van der Waals surface area (Å²) in [4.78, 5) is 24.5. The SMILES string of the molecule is CC(C)OCCCNC(=O)[C@@H](Cc1ccccc1)NS(=O)(=O)c1ccc2c(c1)CCC(=O)N2. The topological polar surface area (TPSA) is 114 Å². The second-order valence-electron chi connectivity index (χ2n) is 8.29. The van der Waals surface area contributed by atoms with Crippen LogP contribution in [0.2, 0.25) is 0 Å². The monoisotopic (exact) mass is 473 g/mol. The third kappa shape index (κ3) is 7.38. The fourth-order valence-corrected chi connectivity index (χ4v) is 4.79. The van der Waals surface area contributed by atoms with Crippen molar-refractivity contribution in [2.24, 2.45) is 0 Å². The number of ether oxygens (including phenoxy) is 1. The highest BCUT2D eigenvalue weighted by molar-refractivity contribution is 7.89. The molecule has 3 N–H and O–H groups in total. The number of benzene rings is 2. The van der Waals surface area contributed by atoms with Crippen LogP contribution < -0.4 is 15.4 Å². The number of hydrogen-bond donors (Lipinski definition) is 3. The average Bonchev–Trinajstić information content (AvgIpc) is 2.78. The number of anilines is 1. The van der Waals surface area contributed by atoms with Crippen molar-refractivity contribution in [2.75, 3.05) is 18.5 Å². The molecule has 3 rings (SSSR count). The zero-order chi connectivity index (χ0) is 23.8. The molecule has 0 spiro atoms. The maximum absolute atomic E-state index is 13.1. The second-order valence-corrected chi connectivity index (χ2v) is 10.0. The molecule has 178 valence electrons. The van der Waals surface area contributed by atoms with Crippen molar-refractivity contribution in [3.05, 3.63) is 59.7 Å². The van der Waals surface area contributed by atoms with Crippen LogP contribution in [-0.4, -0.2) is 45.5 Å². The van der Waals surface area contributed by atoms with Gasteiger partial charge in [0.1, 0.15) is 6.04 Å². The van der Waals surface area contributed by atoms with E-state index in [9.17, 15) is 18.0 Å². The summed E-state index contributed by atoms with van der Waals surface area (Å²) in [5.74, 6) is -0.480. The van der Waals surface area contributed by atoms with Gasteiger partial charge in [-0.25, -0.2) is 8.42 Å². The van der Waals surface area contributed by atoms with Crippen molar-refractivity contribution in [1.29, 1.82) is 0 Å². The molecule has 1 atom stereocenters. The number of aryl methyl sites for hydroxylation is 1. The predicted molar refractivity (Wildman–Crippen MR) is 126 cm³/mol. The van der Waals surface area contributed by atoms with Crippen LogP contribution in [0, 0.1) is 0 Å². The molecular formula is C24H31N3O5S. The molecule has 0 saturated heterocycles. The van der Waals surface area contributed by atoms with E-state index in [1.807, 2.05) is 44.2 Å². The van der Waals surface area contributed by atoms with Crippen LogP contribution >= 0.6 is 0 Å². The van der Waals surface area contributed by atoms with Crippen molar-refractivity contribution in [1.82, 2.24) is 10.0 Å². The van der Waals surface area contributed by atoms with Crippen LogP contribution in [0.15, 0.2) is 53.4 Å². The molecule has 0 aromatic heterocycles. The molecule has 0 radical (unpaired) electrons. The van der Waals surface area contributed by atoms with Gasteiger partial charge in [-0.05, 0) is 62.4 Å². The normalized spacial score (nSPS) is 14.5. The lowest BCUT2D eigenvalue weighted by Gasteiger charge is -2.21. The lowest BCUT2D eigenvalue weighted by Crippen LogP contribution is -2.48. The molecule has 2 amide bonds. The molecule has 1 heterocycles. The van der Waals surface area contributed by atoms with Gasteiger partial charge in [0.15, 0.2) is 0 Å². The molecule has 0 unspecified atom stereocenters. The maximum atomic E-state index is 13.1. The van der Waals surface area contributed by atoms with E-state index in [-0.39, 0.29) is 23.3 Å². The molecule has 0 fully saturated rings. The number of hydrogen-bond acceptors (Lipinski definition) is 5. The van der Waals surface area contributed by atoms with E-state index < -0.39 is 22.0 Å². The van der Waals surface area contributed by atoms with Gasteiger partial charge in [-0.2, -0.15) is 4.72 Å². The smallest absolute Gasteiger partial charge is 0.241 e. The van der Waals surface area contributed by atoms with E-state index in [0.717, 1.165) is 11.1 Å². The van der Waals surface area contributed by atoms with Crippen LogP contribution in [0.25, 0.3) is 0 Å². The van der Waals surface area contributed by atoms with Crippen molar-refractivity contribution in [3.8, 4) is 0 Å². The van der Waals surface area contributed by atoms with Gasteiger partial charge in [0.25, 0.3) is 0 Å². The van der Waals surface area contributed by atoms with E-state index in [0.29, 0.717) is 38.1 Å². The van der Waals surface area contributed by atoms with E-state index in [1.54, 1.807) is 12.1 Å². The highest BCUT2D eigenvalue weighted by Crippen LogP contribution is 2.25. The molecule has 0 bridgehead atoms. The number of amides is 2. The summed E-state index contributed by atoms with van der Waals surface area (Å²) in [6.07, 6.45) is 1.74. The van der Waals surface area contributed by atoms with Gasteiger partial charge in [-0.1, -0.05) is 30.3 Å². The van der Waals surface area contributed by atoms with Gasteiger partial charge in [0.2, 0.25) is 21.8 Å². The number of sulfonamides is 1. The summed E-state index contributed by atoms with van der Waals surface area (Å²) in [6, 6.07) is 12.9. The largest absolute Gasteiger partial charge is 0.379 e. The van der Waals surface area contributed by atoms with Crippen LogP contribution in [0.4, 0.5) is 5.69 Å². The first-order chi connectivity index (χ1) is 15.7. The van der Waals surface area contributed by atoms with Gasteiger partial charge in [-0.15, -0.1) is 0 Å². The fourth-order valence-electron chi connectivity index (χ4n) is 3.55. The Kier molecular flexibility index (Phi) is 8.60. The number of rotatable bonds is 11. The molecular weight excluding hydrogens is 442 g/mol. The van der Waals surface area contributed by atoms with Gasteiger partial charge in [0, 0.05) is 25.3 Å². The van der Waals surface area contributed by atoms with E-state index in [2.05, 4.69) is 15.4 Å². The standard InChI is InChI=1S/C24H31N3O5S/c1-17(2)32-14-6-13-25-24(29)22(15-18-7-4-3-5-8-18)27-33(30,31)20-10-11-21-19(16-20)9-12-23(28)26-21/h3-5,7-8,10-11,16-17,22,27H,6,9,12-15H2,1-2H3,(H,25,29)(H,26,28)/t22-/m1/s1. The minimum Gasteiger partial charge on any atom is -0.379 e. The van der Waals surface area contributed by atoms with Crippen LogP contribution in [0.1, 0.15) is 37.8 Å². The zero-order valence-corrected chi connectivity index (χ0v) is 19.8. The quantitative estimate of drug-likeness (QED) is 0.434. The third-order valence-corrected chi connectivity index (χ3v) is 6.72. The average molecular weight is 474 g/mol. The molecule has 0 saturated carbocycles. The van der Waals surface area contributed by atoms with Crippen molar-refractivity contribution in [2.45, 2.75) is 56.6 Å². The molecule has 8 nitrogen and oxygen atoms in total. The number of fused-ring (bicyclic) bond motifs is 1. The van der Waals surface area contributed by atoms with Crippen molar-refractivity contribution < 1.29 is 22.7 Å². The first kappa shape index (κ1) is 24.9. The molecule has 9 heteroatoms. The summed E-state index contributed by atoms with van der Waals surface area (Å²) in [7, 11) is -3.97.